The number of fused-ring (bicyclic) bond motifs is 4. The summed E-state index contributed by atoms with van der Waals surface area (Å²) >= 11 is 1.74. The summed E-state index contributed by atoms with van der Waals surface area (Å²) in [4.78, 5) is 15.0. The normalized spacial score (nSPS) is 11.6. The van der Waals surface area contributed by atoms with Gasteiger partial charge in [0.25, 0.3) is 0 Å². The lowest BCUT2D eigenvalue weighted by molar-refractivity contribution is 1.23. The lowest BCUT2D eigenvalue weighted by atomic mass is 9.90. The van der Waals surface area contributed by atoms with Crippen LogP contribution in [-0.2, 0) is 0 Å². The van der Waals surface area contributed by atoms with Gasteiger partial charge in [0.05, 0.1) is 21.4 Å². The molecule has 0 aliphatic rings. The highest BCUT2D eigenvalue weighted by atomic mass is 32.1. The van der Waals surface area contributed by atoms with Gasteiger partial charge in [-0.2, -0.15) is 0 Å². The van der Waals surface area contributed by atoms with Crippen LogP contribution in [0.2, 0.25) is 0 Å². The van der Waals surface area contributed by atoms with E-state index in [4.69, 9.17) is 15.0 Å². The Hall–Kier alpha value is -5.71. The third kappa shape index (κ3) is 4.38. The summed E-state index contributed by atoms with van der Waals surface area (Å²) in [5.74, 6) is 0.732. The molecule has 0 amide bonds. The van der Waals surface area contributed by atoms with E-state index < -0.39 is 0 Å². The van der Waals surface area contributed by atoms with Gasteiger partial charge in [-0.1, -0.05) is 127 Å². The monoisotopic (exact) mass is 591 g/mol. The van der Waals surface area contributed by atoms with Gasteiger partial charge in [-0.25, -0.2) is 15.0 Å². The average Bonchev–Trinajstić information content (AvgIpc) is 3.55. The van der Waals surface area contributed by atoms with Crippen molar-refractivity contribution in [2.45, 2.75) is 0 Å². The van der Waals surface area contributed by atoms with Crippen molar-refractivity contribution >= 4 is 54.0 Å². The van der Waals surface area contributed by atoms with E-state index in [2.05, 4.69) is 121 Å². The second-order valence-electron chi connectivity index (χ2n) is 11.2. The lowest BCUT2D eigenvalue weighted by Crippen LogP contribution is -1.96. The SMILES string of the molecule is c1ccc(-c2nc(-c3ccc(-c4cccc5cc(-c6nc7ccccc7s6)ccc45)c4ccccc34)c3ccccc3n2)cc1. The number of aromatic nitrogens is 3. The van der Waals surface area contributed by atoms with Crippen LogP contribution in [0.25, 0.3) is 87.0 Å². The molecule has 2 heterocycles. The summed E-state index contributed by atoms with van der Waals surface area (Å²) in [7, 11) is 0. The molecule has 45 heavy (non-hydrogen) atoms. The summed E-state index contributed by atoms with van der Waals surface area (Å²) in [5.41, 5.74) is 8.59. The maximum atomic E-state index is 5.18. The standard InChI is InChI=1S/C41H25N3S/c1-2-11-26(12-3-1)40-42-36-18-7-6-16-35(36)39(44-40)34-24-23-33(31-14-4-5-15-32(31)34)30-17-10-13-27-25-28(21-22-29(27)30)41-43-37-19-8-9-20-38(37)45-41/h1-25H. The van der Waals surface area contributed by atoms with Crippen molar-refractivity contribution in [2.75, 3.05) is 0 Å². The molecule has 0 bridgehead atoms. The van der Waals surface area contributed by atoms with E-state index in [1.807, 2.05) is 30.3 Å². The Kier molecular flexibility index (Phi) is 6.00. The molecule has 7 aromatic carbocycles. The first-order valence-corrected chi connectivity index (χ1v) is 15.9. The molecule has 0 atom stereocenters. The van der Waals surface area contributed by atoms with Crippen molar-refractivity contribution in [1.29, 1.82) is 0 Å². The minimum atomic E-state index is 0.732. The maximum Gasteiger partial charge on any atom is 0.160 e. The Morgan fingerprint density at radius 2 is 1.09 bits per heavy atom. The zero-order valence-electron chi connectivity index (χ0n) is 24.2. The quantitative estimate of drug-likeness (QED) is 0.204. The second-order valence-corrected chi connectivity index (χ2v) is 12.2. The van der Waals surface area contributed by atoms with Crippen molar-refractivity contribution in [1.82, 2.24) is 15.0 Å². The highest BCUT2D eigenvalue weighted by Crippen LogP contribution is 2.41. The number of para-hydroxylation sites is 2. The zero-order valence-corrected chi connectivity index (χ0v) is 25.0. The van der Waals surface area contributed by atoms with E-state index >= 15 is 0 Å². The van der Waals surface area contributed by atoms with E-state index in [1.54, 1.807) is 11.3 Å². The van der Waals surface area contributed by atoms with Gasteiger partial charge in [-0.3, -0.25) is 0 Å². The molecule has 210 valence electrons. The number of hydrogen-bond donors (Lipinski definition) is 0. The summed E-state index contributed by atoms with van der Waals surface area (Å²) in [6.45, 7) is 0. The van der Waals surface area contributed by atoms with Gasteiger partial charge in [-0.05, 0) is 56.9 Å². The third-order valence-electron chi connectivity index (χ3n) is 8.53. The third-order valence-corrected chi connectivity index (χ3v) is 9.61. The van der Waals surface area contributed by atoms with Crippen molar-refractivity contribution in [3.8, 4) is 44.3 Å². The second kappa shape index (κ2) is 10.5. The molecule has 0 fully saturated rings. The fourth-order valence-corrected chi connectivity index (χ4v) is 7.35. The molecule has 0 unspecified atom stereocenters. The number of nitrogens with zero attached hydrogens (tertiary/aromatic N) is 3. The molecule has 0 aliphatic carbocycles. The van der Waals surface area contributed by atoms with Crippen LogP contribution >= 0.6 is 11.3 Å². The smallest absolute Gasteiger partial charge is 0.160 e. The Bertz CT molecular complexity index is 2520. The van der Waals surface area contributed by atoms with Crippen LogP contribution in [0, 0.1) is 0 Å². The van der Waals surface area contributed by atoms with Gasteiger partial charge in [0, 0.05) is 22.1 Å². The predicted octanol–water partition coefficient (Wildman–Crippen LogP) is 11.2. The van der Waals surface area contributed by atoms with Crippen LogP contribution in [0.5, 0.6) is 0 Å². The molecule has 0 saturated carbocycles. The topological polar surface area (TPSA) is 38.7 Å². The van der Waals surface area contributed by atoms with Crippen LogP contribution in [0.1, 0.15) is 0 Å². The van der Waals surface area contributed by atoms with Gasteiger partial charge in [0.2, 0.25) is 0 Å². The Morgan fingerprint density at radius 3 is 1.93 bits per heavy atom. The Morgan fingerprint density at radius 1 is 0.400 bits per heavy atom. The lowest BCUT2D eigenvalue weighted by Gasteiger charge is -2.15. The van der Waals surface area contributed by atoms with Crippen molar-refractivity contribution < 1.29 is 0 Å². The molecule has 2 aromatic heterocycles. The minimum absolute atomic E-state index is 0.732. The highest BCUT2D eigenvalue weighted by Gasteiger charge is 2.17. The van der Waals surface area contributed by atoms with Crippen molar-refractivity contribution in [3.05, 3.63) is 152 Å². The fraction of sp³-hybridized carbons (Fsp3) is 0. The van der Waals surface area contributed by atoms with E-state index in [9.17, 15) is 0 Å². The van der Waals surface area contributed by atoms with E-state index in [0.717, 1.165) is 49.6 Å². The molecule has 3 nitrogen and oxygen atoms in total. The molecule has 0 aliphatic heterocycles. The van der Waals surface area contributed by atoms with Crippen LogP contribution in [0.3, 0.4) is 0 Å². The fourth-order valence-electron chi connectivity index (χ4n) is 6.39. The number of hydrogen-bond acceptors (Lipinski definition) is 4. The van der Waals surface area contributed by atoms with Gasteiger partial charge in [-0.15, -0.1) is 11.3 Å². The summed E-state index contributed by atoms with van der Waals surface area (Å²) in [6, 6.07) is 53.3. The molecule has 0 radical (unpaired) electrons. The first-order chi connectivity index (χ1) is 22.3. The predicted molar refractivity (Wildman–Crippen MR) is 189 cm³/mol. The zero-order chi connectivity index (χ0) is 29.7. The molecule has 0 N–H and O–H groups in total. The van der Waals surface area contributed by atoms with Gasteiger partial charge in [0.15, 0.2) is 5.82 Å². The highest BCUT2D eigenvalue weighted by molar-refractivity contribution is 7.21. The maximum absolute atomic E-state index is 5.18. The molecule has 9 rings (SSSR count). The minimum Gasteiger partial charge on any atom is -0.236 e. The number of thiazole rings is 1. The van der Waals surface area contributed by atoms with Crippen molar-refractivity contribution in [3.63, 3.8) is 0 Å². The van der Waals surface area contributed by atoms with E-state index in [0.29, 0.717) is 0 Å². The van der Waals surface area contributed by atoms with Gasteiger partial charge < -0.3 is 0 Å². The van der Waals surface area contributed by atoms with Crippen molar-refractivity contribution in [2.24, 2.45) is 0 Å². The summed E-state index contributed by atoms with van der Waals surface area (Å²) < 4.78 is 1.21. The molecular weight excluding hydrogens is 567 g/mol. The number of rotatable bonds is 4. The van der Waals surface area contributed by atoms with Gasteiger partial charge in [0.1, 0.15) is 5.01 Å². The van der Waals surface area contributed by atoms with E-state index in [1.165, 1.54) is 37.4 Å². The van der Waals surface area contributed by atoms with Crippen LogP contribution in [-0.4, -0.2) is 15.0 Å². The molecule has 0 spiro atoms. The average molecular weight is 592 g/mol. The molecule has 4 heteroatoms. The first kappa shape index (κ1) is 25.8. The van der Waals surface area contributed by atoms with Crippen LogP contribution in [0.4, 0.5) is 0 Å². The molecule has 0 saturated heterocycles. The Balaban J connectivity index is 1.22. The van der Waals surface area contributed by atoms with Crippen LogP contribution in [0.15, 0.2) is 152 Å². The largest absolute Gasteiger partial charge is 0.236 e. The number of benzene rings is 7. The van der Waals surface area contributed by atoms with Gasteiger partial charge >= 0.3 is 0 Å². The summed E-state index contributed by atoms with van der Waals surface area (Å²) in [6.07, 6.45) is 0. The molecular formula is C41H25N3S. The first-order valence-electron chi connectivity index (χ1n) is 15.0. The van der Waals surface area contributed by atoms with Crippen LogP contribution < -0.4 is 0 Å². The summed E-state index contributed by atoms with van der Waals surface area (Å²) in [5, 5.41) is 6.88. The van der Waals surface area contributed by atoms with E-state index in [-0.39, 0.29) is 0 Å². The Labute approximate surface area is 264 Å². The molecule has 9 aromatic rings.